The predicted molar refractivity (Wildman–Crippen MR) is 141 cm³/mol. The summed E-state index contributed by atoms with van der Waals surface area (Å²) in [5, 5.41) is 3.94. The second-order valence-electron chi connectivity index (χ2n) is 8.65. The van der Waals surface area contributed by atoms with Crippen LogP contribution in [0.5, 0.6) is 5.75 Å². The SMILES string of the molecule is COc1ccc(CC(=O)N(Cc2ccc(Cl)cc2Cl)C(Cc2ccccc2)C(=O)NC(C)C)cc1. The topological polar surface area (TPSA) is 58.6 Å². The normalized spacial score (nSPS) is 11.7. The van der Waals surface area contributed by atoms with Crippen molar-refractivity contribution in [2.45, 2.75) is 45.3 Å². The Morgan fingerprint density at radius 1 is 0.943 bits per heavy atom. The van der Waals surface area contributed by atoms with Gasteiger partial charge in [-0.1, -0.05) is 71.7 Å². The van der Waals surface area contributed by atoms with Crippen molar-refractivity contribution in [3.05, 3.63) is 99.5 Å². The molecule has 1 N–H and O–H groups in total. The summed E-state index contributed by atoms with van der Waals surface area (Å²) >= 11 is 12.6. The monoisotopic (exact) mass is 512 g/mol. The number of benzene rings is 3. The van der Waals surface area contributed by atoms with Gasteiger partial charge in [-0.2, -0.15) is 0 Å². The molecular formula is C28H30Cl2N2O3. The van der Waals surface area contributed by atoms with Crippen molar-refractivity contribution in [2.24, 2.45) is 0 Å². The molecule has 3 rings (SSSR count). The minimum absolute atomic E-state index is 0.0709. The lowest BCUT2D eigenvalue weighted by molar-refractivity contribution is -0.141. The zero-order valence-corrected chi connectivity index (χ0v) is 21.6. The van der Waals surface area contributed by atoms with Gasteiger partial charge in [0.05, 0.1) is 13.5 Å². The highest BCUT2D eigenvalue weighted by Crippen LogP contribution is 2.25. The number of carbonyl (C=O) groups is 2. The Morgan fingerprint density at radius 3 is 2.23 bits per heavy atom. The van der Waals surface area contributed by atoms with Gasteiger partial charge in [0.2, 0.25) is 11.8 Å². The lowest BCUT2D eigenvalue weighted by Crippen LogP contribution is -2.52. The molecule has 0 spiro atoms. The first kappa shape index (κ1) is 26.6. The third kappa shape index (κ3) is 7.74. The van der Waals surface area contributed by atoms with Crippen LogP contribution in [0.2, 0.25) is 10.0 Å². The number of hydrogen-bond donors (Lipinski definition) is 1. The Morgan fingerprint density at radius 2 is 1.63 bits per heavy atom. The predicted octanol–water partition coefficient (Wildman–Crippen LogP) is 5.71. The number of methoxy groups -OCH3 is 1. The number of nitrogens with one attached hydrogen (secondary N) is 1. The second-order valence-corrected chi connectivity index (χ2v) is 9.49. The van der Waals surface area contributed by atoms with E-state index in [1.807, 2.05) is 68.4 Å². The first-order valence-electron chi connectivity index (χ1n) is 11.5. The van der Waals surface area contributed by atoms with E-state index in [2.05, 4.69) is 5.32 Å². The molecule has 2 amide bonds. The van der Waals surface area contributed by atoms with Gasteiger partial charge in [0.25, 0.3) is 0 Å². The van der Waals surface area contributed by atoms with Crippen molar-refractivity contribution < 1.29 is 14.3 Å². The van der Waals surface area contributed by atoms with Crippen LogP contribution in [0, 0.1) is 0 Å². The summed E-state index contributed by atoms with van der Waals surface area (Å²) in [6.07, 6.45) is 0.508. The van der Waals surface area contributed by atoms with Crippen LogP contribution in [0.15, 0.2) is 72.8 Å². The highest BCUT2D eigenvalue weighted by Gasteiger charge is 2.31. The molecule has 0 aromatic heterocycles. The lowest BCUT2D eigenvalue weighted by Gasteiger charge is -2.32. The van der Waals surface area contributed by atoms with Crippen LogP contribution in [0.3, 0.4) is 0 Å². The molecule has 0 aliphatic carbocycles. The minimum atomic E-state index is -0.725. The molecule has 0 bridgehead atoms. The lowest BCUT2D eigenvalue weighted by atomic mass is 10.0. The maximum absolute atomic E-state index is 13.7. The highest BCUT2D eigenvalue weighted by atomic mass is 35.5. The van der Waals surface area contributed by atoms with Crippen LogP contribution in [0.1, 0.15) is 30.5 Å². The van der Waals surface area contributed by atoms with Gasteiger partial charge in [-0.25, -0.2) is 0 Å². The molecule has 0 heterocycles. The molecule has 5 nitrogen and oxygen atoms in total. The second kappa shape index (κ2) is 12.6. The van der Waals surface area contributed by atoms with Crippen molar-refractivity contribution in [1.29, 1.82) is 0 Å². The van der Waals surface area contributed by atoms with Crippen molar-refractivity contribution in [3.8, 4) is 5.75 Å². The van der Waals surface area contributed by atoms with E-state index in [1.54, 1.807) is 30.2 Å². The Hall–Kier alpha value is -3.02. The molecule has 3 aromatic carbocycles. The third-order valence-corrected chi connectivity index (χ3v) is 6.16. The molecular weight excluding hydrogens is 483 g/mol. The van der Waals surface area contributed by atoms with Crippen molar-refractivity contribution >= 4 is 35.0 Å². The Kier molecular flexibility index (Phi) is 9.58. The molecule has 184 valence electrons. The molecule has 1 atom stereocenters. The average molecular weight is 513 g/mol. The van der Waals surface area contributed by atoms with Crippen molar-refractivity contribution in [3.63, 3.8) is 0 Å². The van der Waals surface area contributed by atoms with Crippen molar-refractivity contribution in [1.82, 2.24) is 10.2 Å². The van der Waals surface area contributed by atoms with E-state index in [9.17, 15) is 9.59 Å². The zero-order valence-electron chi connectivity index (χ0n) is 20.1. The van der Waals surface area contributed by atoms with Crippen LogP contribution in [0.4, 0.5) is 0 Å². The van der Waals surface area contributed by atoms with Gasteiger partial charge in [0.1, 0.15) is 11.8 Å². The molecule has 0 saturated heterocycles. The minimum Gasteiger partial charge on any atom is -0.497 e. The Bertz CT molecular complexity index is 1130. The van der Waals surface area contributed by atoms with Crippen LogP contribution < -0.4 is 10.1 Å². The van der Waals surface area contributed by atoms with E-state index in [4.69, 9.17) is 27.9 Å². The van der Waals surface area contributed by atoms with Crippen LogP contribution in [0.25, 0.3) is 0 Å². The standard InChI is InChI=1S/C28H30Cl2N2O3/c1-19(2)31-28(34)26(15-20-7-5-4-6-8-20)32(18-22-11-12-23(29)17-25(22)30)27(33)16-21-9-13-24(35-3)14-10-21/h4-14,17,19,26H,15-16,18H2,1-3H3,(H,31,34). The summed E-state index contributed by atoms with van der Waals surface area (Å²) in [5.74, 6) is 0.322. The van der Waals surface area contributed by atoms with Gasteiger partial charge >= 0.3 is 0 Å². The summed E-state index contributed by atoms with van der Waals surface area (Å²) in [7, 11) is 1.60. The number of hydrogen-bond acceptors (Lipinski definition) is 3. The number of carbonyl (C=O) groups excluding carboxylic acids is 2. The fourth-order valence-corrected chi connectivity index (χ4v) is 4.26. The van der Waals surface area contributed by atoms with Gasteiger partial charge in [-0.05, 0) is 54.8 Å². The van der Waals surface area contributed by atoms with Gasteiger partial charge in [0.15, 0.2) is 0 Å². The van der Waals surface area contributed by atoms with E-state index >= 15 is 0 Å². The van der Waals surface area contributed by atoms with Gasteiger partial charge in [0, 0.05) is 29.1 Å². The largest absolute Gasteiger partial charge is 0.497 e. The summed E-state index contributed by atoms with van der Waals surface area (Å²) < 4.78 is 5.22. The Balaban J connectivity index is 1.98. The van der Waals surface area contributed by atoms with Gasteiger partial charge < -0.3 is 15.0 Å². The molecule has 0 aliphatic heterocycles. The summed E-state index contributed by atoms with van der Waals surface area (Å²) in [6, 6.07) is 21.4. The molecule has 0 radical (unpaired) electrons. The number of ether oxygens (including phenoxy) is 1. The molecule has 0 saturated carbocycles. The molecule has 0 fully saturated rings. The zero-order chi connectivity index (χ0) is 25.4. The Labute approximate surface area is 217 Å². The number of rotatable bonds is 10. The molecule has 1 unspecified atom stereocenters. The molecule has 7 heteroatoms. The van der Waals surface area contributed by atoms with Crippen molar-refractivity contribution in [2.75, 3.05) is 7.11 Å². The average Bonchev–Trinajstić information content (AvgIpc) is 2.83. The van der Waals surface area contributed by atoms with E-state index < -0.39 is 6.04 Å². The van der Waals surface area contributed by atoms with E-state index in [0.717, 1.165) is 16.7 Å². The number of halogens is 2. The van der Waals surface area contributed by atoms with Crippen LogP contribution in [-0.4, -0.2) is 35.9 Å². The van der Waals surface area contributed by atoms with E-state index in [1.165, 1.54) is 0 Å². The number of nitrogens with zero attached hydrogens (tertiary/aromatic N) is 1. The summed E-state index contributed by atoms with van der Waals surface area (Å²) in [4.78, 5) is 28.7. The molecule has 3 aromatic rings. The third-order valence-electron chi connectivity index (χ3n) is 5.57. The smallest absolute Gasteiger partial charge is 0.243 e. The maximum atomic E-state index is 13.7. The first-order chi connectivity index (χ1) is 16.8. The molecule has 35 heavy (non-hydrogen) atoms. The van der Waals surface area contributed by atoms with E-state index in [0.29, 0.717) is 22.2 Å². The molecule has 0 aliphatic rings. The number of amides is 2. The quantitative estimate of drug-likeness (QED) is 0.378. The maximum Gasteiger partial charge on any atom is 0.243 e. The van der Waals surface area contributed by atoms with E-state index in [-0.39, 0.29) is 30.8 Å². The fraction of sp³-hybridized carbons (Fsp3) is 0.286. The summed E-state index contributed by atoms with van der Waals surface area (Å²) in [5.41, 5.74) is 2.50. The van der Waals surface area contributed by atoms with Gasteiger partial charge in [-0.3, -0.25) is 9.59 Å². The van der Waals surface area contributed by atoms with Gasteiger partial charge in [-0.15, -0.1) is 0 Å². The fourth-order valence-electron chi connectivity index (χ4n) is 3.79. The first-order valence-corrected chi connectivity index (χ1v) is 12.2. The summed E-state index contributed by atoms with van der Waals surface area (Å²) in [6.45, 7) is 3.97. The van der Waals surface area contributed by atoms with Crippen LogP contribution >= 0.6 is 23.2 Å². The highest BCUT2D eigenvalue weighted by molar-refractivity contribution is 6.35. The van der Waals surface area contributed by atoms with Crippen LogP contribution in [-0.2, 0) is 29.0 Å².